The molecule has 2 aromatic rings. The number of benzene rings is 1. The van der Waals surface area contributed by atoms with E-state index >= 15 is 0 Å². The summed E-state index contributed by atoms with van der Waals surface area (Å²) in [5.41, 5.74) is 7.22. The zero-order chi connectivity index (χ0) is 14.8. The van der Waals surface area contributed by atoms with Gasteiger partial charge in [0.05, 0.1) is 17.4 Å². The third kappa shape index (κ3) is 3.51. The van der Waals surface area contributed by atoms with Crippen LogP contribution in [0.1, 0.15) is 16.8 Å². The maximum atomic E-state index is 12.4. The topological polar surface area (TPSA) is 64.2 Å². The molecule has 1 unspecified atom stereocenters. The minimum Gasteiger partial charge on any atom is -0.338 e. The van der Waals surface area contributed by atoms with Crippen LogP contribution in [0.4, 0.5) is 0 Å². The molecule has 1 aromatic carbocycles. The fourth-order valence-electron chi connectivity index (χ4n) is 2.56. The number of nitrogens with two attached hydrogens (primary N) is 1. The molecule has 2 heterocycles. The van der Waals surface area contributed by atoms with E-state index in [4.69, 9.17) is 5.73 Å². The fraction of sp³-hybridized carbons (Fsp3) is 0.333. The summed E-state index contributed by atoms with van der Waals surface area (Å²) in [6, 6.07) is 7.80. The van der Waals surface area contributed by atoms with E-state index in [-0.39, 0.29) is 18.3 Å². The van der Waals surface area contributed by atoms with Gasteiger partial charge >= 0.3 is 0 Å². The number of hydrogen-bond acceptors (Lipinski definition) is 3. The average molecular weight is 386 g/mol. The highest BCUT2D eigenvalue weighted by Gasteiger charge is 2.26. The monoisotopic (exact) mass is 384 g/mol. The van der Waals surface area contributed by atoms with Crippen LogP contribution < -0.4 is 5.73 Å². The van der Waals surface area contributed by atoms with Crippen molar-refractivity contribution in [2.45, 2.75) is 6.42 Å². The Kier molecular flexibility index (Phi) is 5.61. The van der Waals surface area contributed by atoms with Gasteiger partial charge in [-0.3, -0.25) is 4.79 Å². The van der Waals surface area contributed by atoms with Crippen LogP contribution in [0.5, 0.6) is 0 Å². The highest BCUT2D eigenvalue weighted by Crippen LogP contribution is 2.19. The van der Waals surface area contributed by atoms with Crippen molar-refractivity contribution in [1.82, 2.24) is 14.7 Å². The summed E-state index contributed by atoms with van der Waals surface area (Å²) in [6.45, 7) is 2.17. The number of carbonyl (C=O) groups is 1. The third-order valence-corrected chi connectivity index (χ3v) is 4.36. The van der Waals surface area contributed by atoms with Crippen molar-refractivity contribution >= 4 is 34.2 Å². The van der Waals surface area contributed by atoms with Crippen molar-refractivity contribution in [3.05, 3.63) is 46.7 Å². The molecule has 1 atom stereocenters. The lowest BCUT2D eigenvalue weighted by atomic mass is 10.1. The molecule has 2 N–H and O–H groups in total. The van der Waals surface area contributed by atoms with Gasteiger partial charge in [-0.2, -0.15) is 5.10 Å². The second-order valence-corrected chi connectivity index (χ2v) is 6.21. The highest BCUT2D eigenvalue weighted by atomic mass is 79.9. The molecule has 7 heteroatoms. The van der Waals surface area contributed by atoms with Crippen LogP contribution in [-0.2, 0) is 0 Å². The molecule has 1 aromatic heterocycles. The van der Waals surface area contributed by atoms with E-state index in [1.54, 1.807) is 17.1 Å². The van der Waals surface area contributed by atoms with E-state index in [1.165, 1.54) is 0 Å². The van der Waals surface area contributed by atoms with Gasteiger partial charge in [-0.25, -0.2) is 4.68 Å². The van der Waals surface area contributed by atoms with Gasteiger partial charge in [-0.15, -0.1) is 12.4 Å². The van der Waals surface area contributed by atoms with Gasteiger partial charge in [0.15, 0.2) is 0 Å². The summed E-state index contributed by atoms with van der Waals surface area (Å²) < 4.78 is 2.73. The van der Waals surface area contributed by atoms with Crippen LogP contribution in [0.3, 0.4) is 0 Å². The van der Waals surface area contributed by atoms with E-state index < -0.39 is 0 Å². The normalized spacial score (nSPS) is 17.4. The number of carbonyl (C=O) groups excluding carboxylic acids is 1. The van der Waals surface area contributed by atoms with Crippen molar-refractivity contribution in [3.63, 3.8) is 0 Å². The lowest BCUT2D eigenvalue weighted by molar-refractivity contribution is 0.0787. The Morgan fingerprint density at radius 2 is 2.09 bits per heavy atom. The Balaban J connectivity index is 0.00000176. The van der Waals surface area contributed by atoms with Gasteiger partial charge in [0.1, 0.15) is 0 Å². The Bertz CT molecular complexity index is 643. The Hall–Kier alpha value is -1.37. The minimum atomic E-state index is 0. The summed E-state index contributed by atoms with van der Waals surface area (Å²) >= 11 is 3.40. The number of nitrogens with zero attached hydrogens (tertiary/aromatic N) is 3. The third-order valence-electron chi connectivity index (χ3n) is 3.83. The molecular weight excluding hydrogens is 368 g/mol. The van der Waals surface area contributed by atoms with Gasteiger partial charge < -0.3 is 10.6 Å². The molecule has 1 aliphatic heterocycles. The lowest BCUT2D eigenvalue weighted by Gasteiger charge is -2.14. The fourth-order valence-corrected chi connectivity index (χ4v) is 2.82. The van der Waals surface area contributed by atoms with Crippen LogP contribution >= 0.6 is 28.3 Å². The van der Waals surface area contributed by atoms with Crippen LogP contribution in [0.15, 0.2) is 41.1 Å². The first-order valence-electron chi connectivity index (χ1n) is 6.97. The standard InChI is InChI=1S/C15H17BrN4O.ClH/c16-13-1-3-14(4-2-13)20-10-12(8-18-20)15(21)19-6-5-11(7-17)9-19;/h1-4,8,10-11H,5-7,9,17H2;1H. The molecule has 0 saturated carbocycles. The minimum absolute atomic E-state index is 0. The van der Waals surface area contributed by atoms with Gasteiger partial charge in [-0.05, 0) is 43.1 Å². The first kappa shape index (κ1) is 17.0. The molecular formula is C15H18BrClN4O. The number of amides is 1. The molecule has 5 nitrogen and oxygen atoms in total. The van der Waals surface area contributed by atoms with E-state index in [9.17, 15) is 4.79 Å². The van der Waals surface area contributed by atoms with Crippen LogP contribution in [-0.4, -0.2) is 40.2 Å². The maximum absolute atomic E-state index is 12.4. The number of rotatable bonds is 3. The van der Waals surface area contributed by atoms with Crippen molar-refractivity contribution in [1.29, 1.82) is 0 Å². The average Bonchev–Trinajstić information content (AvgIpc) is 3.16. The Morgan fingerprint density at radius 1 is 1.36 bits per heavy atom. The quantitative estimate of drug-likeness (QED) is 0.883. The van der Waals surface area contributed by atoms with Crippen molar-refractivity contribution in [2.24, 2.45) is 11.7 Å². The molecule has 0 spiro atoms. The van der Waals surface area contributed by atoms with E-state index in [0.29, 0.717) is 18.0 Å². The molecule has 22 heavy (non-hydrogen) atoms. The number of halogens is 2. The van der Waals surface area contributed by atoms with Crippen LogP contribution in [0, 0.1) is 5.92 Å². The predicted molar refractivity (Wildman–Crippen MR) is 91.6 cm³/mol. The number of hydrogen-bond donors (Lipinski definition) is 1. The second kappa shape index (κ2) is 7.26. The maximum Gasteiger partial charge on any atom is 0.257 e. The van der Waals surface area contributed by atoms with Gasteiger partial charge in [0, 0.05) is 23.8 Å². The van der Waals surface area contributed by atoms with Crippen molar-refractivity contribution in [3.8, 4) is 5.69 Å². The number of aromatic nitrogens is 2. The molecule has 1 saturated heterocycles. The Morgan fingerprint density at radius 3 is 2.73 bits per heavy atom. The summed E-state index contributed by atoms with van der Waals surface area (Å²) in [6.07, 6.45) is 4.39. The Labute approximate surface area is 144 Å². The van der Waals surface area contributed by atoms with Gasteiger partial charge in [0.2, 0.25) is 0 Å². The van der Waals surface area contributed by atoms with Gasteiger partial charge in [0.25, 0.3) is 5.91 Å². The molecule has 118 valence electrons. The lowest BCUT2D eigenvalue weighted by Crippen LogP contribution is -2.29. The van der Waals surface area contributed by atoms with E-state index in [2.05, 4.69) is 21.0 Å². The molecule has 3 rings (SSSR count). The van der Waals surface area contributed by atoms with Crippen molar-refractivity contribution in [2.75, 3.05) is 19.6 Å². The first-order chi connectivity index (χ1) is 10.2. The smallest absolute Gasteiger partial charge is 0.257 e. The molecule has 1 aliphatic rings. The molecule has 0 radical (unpaired) electrons. The summed E-state index contributed by atoms with van der Waals surface area (Å²) in [5, 5.41) is 4.28. The zero-order valence-electron chi connectivity index (χ0n) is 12.0. The summed E-state index contributed by atoms with van der Waals surface area (Å²) in [5.74, 6) is 0.463. The largest absolute Gasteiger partial charge is 0.338 e. The SMILES string of the molecule is Cl.NCC1CCN(C(=O)c2cnn(-c3ccc(Br)cc3)c2)C1. The number of likely N-dealkylation sites (tertiary alicyclic amines) is 1. The zero-order valence-corrected chi connectivity index (χ0v) is 14.4. The van der Waals surface area contributed by atoms with E-state index in [0.717, 1.165) is 29.7 Å². The van der Waals surface area contributed by atoms with E-state index in [1.807, 2.05) is 29.2 Å². The first-order valence-corrected chi connectivity index (χ1v) is 7.76. The highest BCUT2D eigenvalue weighted by molar-refractivity contribution is 9.10. The van der Waals surface area contributed by atoms with Crippen LogP contribution in [0.2, 0.25) is 0 Å². The molecule has 1 amide bonds. The molecule has 1 fully saturated rings. The second-order valence-electron chi connectivity index (χ2n) is 5.29. The van der Waals surface area contributed by atoms with Gasteiger partial charge in [-0.1, -0.05) is 15.9 Å². The predicted octanol–water partition coefficient (Wildman–Crippen LogP) is 2.48. The summed E-state index contributed by atoms with van der Waals surface area (Å²) in [4.78, 5) is 14.3. The van der Waals surface area contributed by atoms with Crippen LogP contribution in [0.25, 0.3) is 5.69 Å². The van der Waals surface area contributed by atoms with Crippen molar-refractivity contribution < 1.29 is 4.79 Å². The molecule has 0 aliphatic carbocycles. The molecule has 0 bridgehead atoms. The summed E-state index contributed by atoms with van der Waals surface area (Å²) in [7, 11) is 0.